The molecule has 0 fully saturated rings. The van der Waals surface area contributed by atoms with E-state index in [1.54, 1.807) is 17.0 Å². The first-order valence-electron chi connectivity index (χ1n) is 8.49. The molecule has 0 bridgehead atoms. The van der Waals surface area contributed by atoms with Gasteiger partial charge in [0.1, 0.15) is 11.4 Å². The lowest BCUT2D eigenvalue weighted by atomic mass is 10.2. The number of nitrogens with one attached hydrogen (secondary N) is 1. The van der Waals surface area contributed by atoms with Crippen LogP contribution in [0.2, 0.25) is 0 Å². The topological polar surface area (TPSA) is 62.3 Å². The highest BCUT2D eigenvalue weighted by atomic mass is 19.2. The second kappa shape index (κ2) is 9.03. The molecule has 0 unspecified atom stereocenters. The van der Waals surface area contributed by atoms with Crippen LogP contribution in [0.25, 0.3) is 0 Å². The number of halogens is 2. The van der Waals surface area contributed by atoms with Crippen molar-refractivity contribution in [2.45, 2.75) is 26.7 Å². The van der Waals surface area contributed by atoms with Gasteiger partial charge in [0.15, 0.2) is 11.6 Å². The van der Waals surface area contributed by atoms with Crippen molar-refractivity contribution in [3.8, 4) is 0 Å². The smallest absolute Gasteiger partial charge is 0.274 e. The summed E-state index contributed by atoms with van der Waals surface area (Å²) in [5.41, 5.74) is 0.296. The Morgan fingerprint density at radius 1 is 1.00 bits per heavy atom. The summed E-state index contributed by atoms with van der Waals surface area (Å²) >= 11 is 0. The number of amides is 2. The van der Waals surface area contributed by atoms with Crippen LogP contribution < -0.4 is 5.32 Å². The van der Waals surface area contributed by atoms with Gasteiger partial charge in [-0.1, -0.05) is 19.9 Å². The summed E-state index contributed by atoms with van der Waals surface area (Å²) in [6.45, 7) is 5.18. The molecular formula is C19H21F2N3O2. The normalized spacial score (nSPS) is 10.5. The molecule has 1 N–H and O–H groups in total. The molecule has 7 heteroatoms. The maximum Gasteiger partial charge on any atom is 0.274 e. The predicted octanol–water partition coefficient (Wildman–Crippen LogP) is 3.87. The van der Waals surface area contributed by atoms with Crippen molar-refractivity contribution in [1.82, 2.24) is 9.88 Å². The Bertz CT molecular complexity index is 790. The lowest BCUT2D eigenvalue weighted by Gasteiger charge is -2.21. The van der Waals surface area contributed by atoms with Crippen LogP contribution in [0.5, 0.6) is 0 Å². The Balaban J connectivity index is 2.17. The Kier molecular flexibility index (Phi) is 6.77. The summed E-state index contributed by atoms with van der Waals surface area (Å²) in [5.74, 6) is -2.91. The zero-order valence-electron chi connectivity index (χ0n) is 14.8. The number of benzene rings is 1. The van der Waals surface area contributed by atoms with Gasteiger partial charge in [-0.25, -0.2) is 13.8 Å². The number of rotatable bonds is 7. The molecule has 0 saturated heterocycles. The predicted molar refractivity (Wildman–Crippen MR) is 95.0 cm³/mol. The van der Waals surface area contributed by atoms with E-state index < -0.39 is 17.5 Å². The molecule has 1 aromatic carbocycles. The fraction of sp³-hybridized carbons (Fsp3) is 0.316. The number of hydrogen-bond acceptors (Lipinski definition) is 3. The van der Waals surface area contributed by atoms with Gasteiger partial charge in [0, 0.05) is 24.8 Å². The molecular weight excluding hydrogens is 340 g/mol. The highest BCUT2D eigenvalue weighted by molar-refractivity contribution is 6.03. The van der Waals surface area contributed by atoms with Crippen molar-refractivity contribution in [3.05, 3.63) is 59.4 Å². The van der Waals surface area contributed by atoms with Crippen molar-refractivity contribution in [2.75, 3.05) is 18.4 Å². The Hall–Kier alpha value is -2.83. The van der Waals surface area contributed by atoms with Gasteiger partial charge in [0.05, 0.1) is 0 Å². The van der Waals surface area contributed by atoms with E-state index in [9.17, 15) is 18.4 Å². The average Bonchev–Trinajstić information content (AvgIpc) is 2.64. The van der Waals surface area contributed by atoms with E-state index >= 15 is 0 Å². The standard InChI is InChI=1S/C19H21F2N3O2/c1-3-10-24(11-4-2)19(26)17-7-5-6-16(23-17)18(25)22-13-8-9-14(20)15(21)12-13/h5-9,12H,3-4,10-11H2,1-2H3,(H,22,25). The lowest BCUT2D eigenvalue weighted by Crippen LogP contribution is -2.33. The largest absolute Gasteiger partial charge is 0.337 e. The first kappa shape index (κ1) is 19.5. The van der Waals surface area contributed by atoms with Gasteiger partial charge in [0.2, 0.25) is 0 Å². The molecule has 1 aromatic heterocycles. The summed E-state index contributed by atoms with van der Waals surface area (Å²) in [6, 6.07) is 7.62. The average molecular weight is 361 g/mol. The SMILES string of the molecule is CCCN(CCC)C(=O)c1cccc(C(=O)Nc2ccc(F)c(F)c2)n1. The minimum Gasteiger partial charge on any atom is -0.337 e. The summed E-state index contributed by atoms with van der Waals surface area (Å²) in [7, 11) is 0. The second-order valence-corrected chi connectivity index (χ2v) is 5.78. The fourth-order valence-corrected chi connectivity index (χ4v) is 2.47. The second-order valence-electron chi connectivity index (χ2n) is 5.78. The number of carbonyl (C=O) groups is 2. The van der Waals surface area contributed by atoms with E-state index in [0.29, 0.717) is 13.1 Å². The molecule has 0 saturated carbocycles. The number of hydrogen-bond donors (Lipinski definition) is 1. The highest BCUT2D eigenvalue weighted by Crippen LogP contribution is 2.14. The Morgan fingerprint density at radius 2 is 1.65 bits per heavy atom. The summed E-state index contributed by atoms with van der Waals surface area (Å²) in [6.07, 6.45) is 1.64. The van der Waals surface area contributed by atoms with Crippen LogP contribution in [0.4, 0.5) is 14.5 Å². The monoisotopic (exact) mass is 361 g/mol. The molecule has 0 aliphatic carbocycles. The minimum absolute atomic E-state index is 0.0218. The third-order valence-corrected chi connectivity index (χ3v) is 3.65. The van der Waals surface area contributed by atoms with Crippen molar-refractivity contribution >= 4 is 17.5 Å². The summed E-state index contributed by atoms with van der Waals surface area (Å²) in [4.78, 5) is 30.7. The third-order valence-electron chi connectivity index (χ3n) is 3.65. The van der Waals surface area contributed by atoms with Crippen molar-refractivity contribution in [1.29, 1.82) is 0 Å². The van der Waals surface area contributed by atoms with Crippen LogP contribution in [-0.2, 0) is 0 Å². The van der Waals surface area contributed by atoms with E-state index in [4.69, 9.17) is 0 Å². The van der Waals surface area contributed by atoms with Gasteiger partial charge in [0.25, 0.3) is 11.8 Å². The number of aromatic nitrogens is 1. The van der Waals surface area contributed by atoms with E-state index in [2.05, 4.69) is 10.3 Å². The Labute approximate surface area is 151 Å². The molecule has 1 heterocycles. The van der Waals surface area contributed by atoms with Crippen LogP contribution in [0.3, 0.4) is 0 Å². The number of carbonyl (C=O) groups excluding carboxylic acids is 2. The van der Waals surface area contributed by atoms with Gasteiger partial charge in [-0.3, -0.25) is 9.59 Å². The van der Waals surface area contributed by atoms with Gasteiger partial charge in [-0.15, -0.1) is 0 Å². The fourth-order valence-electron chi connectivity index (χ4n) is 2.47. The van der Waals surface area contributed by atoms with Crippen LogP contribution in [0.1, 0.15) is 47.7 Å². The molecule has 2 amide bonds. The molecule has 26 heavy (non-hydrogen) atoms. The summed E-state index contributed by atoms with van der Waals surface area (Å²) in [5, 5.41) is 2.44. The van der Waals surface area contributed by atoms with Crippen LogP contribution in [0.15, 0.2) is 36.4 Å². The first-order chi connectivity index (χ1) is 12.5. The van der Waals surface area contributed by atoms with Gasteiger partial charge in [-0.05, 0) is 37.1 Å². The molecule has 0 aliphatic rings. The number of anilines is 1. The zero-order chi connectivity index (χ0) is 19.1. The van der Waals surface area contributed by atoms with Crippen LogP contribution in [0, 0.1) is 11.6 Å². The number of nitrogens with zero attached hydrogens (tertiary/aromatic N) is 2. The third kappa shape index (κ3) is 4.84. The van der Waals surface area contributed by atoms with Crippen molar-refractivity contribution < 1.29 is 18.4 Å². The van der Waals surface area contributed by atoms with Crippen molar-refractivity contribution in [3.63, 3.8) is 0 Å². The highest BCUT2D eigenvalue weighted by Gasteiger charge is 2.18. The van der Waals surface area contributed by atoms with E-state index in [1.807, 2.05) is 13.8 Å². The molecule has 0 radical (unpaired) electrons. The maximum atomic E-state index is 13.2. The molecule has 0 aliphatic heterocycles. The molecule has 5 nitrogen and oxygen atoms in total. The minimum atomic E-state index is -1.06. The van der Waals surface area contributed by atoms with Crippen molar-refractivity contribution in [2.24, 2.45) is 0 Å². The Morgan fingerprint density at radius 3 is 2.27 bits per heavy atom. The number of pyridine rings is 1. The zero-order valence-corrected chi connectivity index (χ0v) is 14.8. The maximum absolute atomic E-state index is 13.2. The van der Waals surface area contributed by atoms with Gasteiger partial charge in [-0.2, -0.15) is 0 Å². The van der Waals surface area contributed by atoms with Crippen LogP contribution >= 0.6 is 0 Å². The van der Waals surface area contributed by atoms with E-state index in [1.165, 1.54) is 12.1 Å². The summed E-state index contributed by atoms with van der Waals surface area (Å²) < 4.78 is 26.2. The molecule has 138 valence electrons. The first-order valence-corrected chi connectivity index (χ1v) is 8.49. The molecule has 2 aromatic rings. The van der Waals surface area contributed by atoms with E-state index in [0.717, 1.165) is 25.0 Å². The molecule has 0 spiro atoms. The van der Waals surface area contributed by atoms with E-state index in [-0.39, 0.29) is 23.0 Å². The molecule has 0 atom stereocenters. The van der Waals surface area contributed by atoms with Gasteiger partial charge < -0.3 is 10.2 Å². The lowest BCUT2D eigenvalue weighted by molar-refractivity contribution is 0.0749. The molecule has 2 rings (SSSR count). The van der Waals surface area contributed by atoms with Crippen LogP contribution in [-0.4, -0.2) is 34.8 Å². The van der Waals surface area contributed by atoms with Gasteiger partial charge >= 0.3 is 0 Å². The quantitative estimate of drug-likeness (QED) is 0.814.